The third kappa shape index (κ3) is 10.1. The fraction of sp³-hybridized carbons (Fsp3) is 0.316. The predicted octanol–water partition coefficient (Wildman–Crippen LogP) is 5.09. The van der Waals surface area contributed by atoms with Gasteiger partial charge in [0.25, 0.3) is 0 Å². The third-order valence-electron chi connectivity index (χ3n) is 9.02. The molecule has 0 unspecified atom stereocenters. The van der Waals surface area contributed by atoms with Crippen molar-refractivity contribution in [2.24, 2.45) is 11.8 Å². The average Bonchev–Trinajstić information content (AvgIpc) is 3.11. The van der Waals surface area contributed by atoms with Crippen molar-refractivity contribution in [3.8, 4) is 0 Å². The van der Waals surface area contributed by atoms with E-state index in [1.807, 2.05) is 97.1 Å². The minimum Gasteiger partial charge on any atom is -0.347 e. The second kappa shape index (κ2) is 16.6. The Balaban J connectivity index is 1.47. The summed E-state index contributed by atoms with van der Waals surface area (Å²) >= 11 is 0. The van der Waals surface area contributed by atoms with Crippen molar-refractivity contribution in [1.29, 1.82) is 0 Å². The van der Waals surface area contributed by atoms with Gasteiger partial charge in [-0.3, -0.25) is 9.59 Å². The molecule has 50 heavy (non-hydrogen) atoms. The van der Waals surface area contributed by atoms with Gasteiger partial charge < -0.3 is 10.6 Å². The number of carbonyl (C=O) groups is 2. The summed E-state index contributed by atoms with van der Waals surface area (Å²) in [4.78, 5) is 28.7. The lowest BCUT2D eigenvalue weighted by Crippen LogP contribution is -2.49. The zero-order valence-electron chi connectivity index (χ0n) is 28.1. The van der Waals surface area contributed by atoms with Crippen molar-refractivity contribution < 1.29 is 26.4 Å². The lowest BCUT2D eigenvalue weighted by atomic mass is 9.77. The van der Waals surface area contributed by atoms with Crippen molar-refractivity contribution in [1.82, 2.24) is 20.1 Å². The molecule has 0 spiro atoms. The summed E-state index contributed by atoms with van der Waals surface area (Å²) in [5.74, 6) is -2.14. The lowest BCUT2D eigenvalue weighted by molar-refractivity contribution is -0.137. The third-order valence-corrected chi connectivity index (χ3v) is 10.4. The number of sulfonamides is 2. The maximum Gasteiger partial charge on any atom is 0.224 e. The van der Waals surface area contributed by atoms with E-state index in [2.05, 4.69) is 20.1 Å². The standard InChI is InChI=1S/C38H44N4O6S2/c1-49(45,46)41-35(29-21-11-5-12-22-29)33(27-17-7-3-8-18-27)39-37(43)31-25-15-16-26-32(31)38(44)40-34(28-19-9-4-10-20-28)36(42-50(2,47)48)30-23-13-6-14-24-30/h3-14,17-24,31-36,41-42H,15-16,25-26H2,1-2H3,(H,39,43)(H,40,44)/t31-,32-,33+,34+,35+,36+/m0/s1. The molecule has 0 saturated heterocycles. The molecule has 4 aromatic carbocycles. The van der Waals surface area contributed by atoms with Crippen LogP contribution in [0.2, 0.25) is 0 Å². The van der Waals surface area contributed by atoms with Crippen molar-refractivity contribution in [2.45, 2.75) is 49.9 Å². The highest BCUT2D eigenvalue weighted by molar-refractivity contribution is 7.89. The van der Waals surface area contributed by atoms with Gasteiger partial charge in [0.2, 0.25) is 31.9 Å². The van der Waals surface area contributed by atoms with Crippen LogP contribution >= 0.6 is 0 Å². The first-order chi connectivity index (χ1) is 23.9. The Morgan fingerprint density at radius 1 is 0.480 bits per heavy atom. The highest BCUT2D eigenvalue weighted by Gasteiger charge is 2.40. The van der Waals surface area contributed by atoms with Crippen LogP contribution in [0, 0.1) is 11.8 Å². The zero-order valence-corrected chi connectivity index (χ0v) is 29.7. The molecule has 4 aromatic rings. The molecule has 1 aliphatic carbocycles. The molecule has 264 valence electrons. The molecule has 1 saturated carbocycles. The monoisotopic (exact) mass is 716 g/mol. The van der Waals surface area contributed by atoms with Gasteiger partial charge in [-0.2, -0.15) is 0 Å². The van der Waals surface area contributed by atoms with Crippen molar-refractivity contribution in [3.63, 3.8) is 0 Å². The van der Waals surface area contributed by atoms with Gasteiger partial charge in [-0.25, -0.2) is 26.3 Å². The zero-order chi connectivity index (χ0) is 35.7. The lowest BCUT2D eigenvalue weighted by Gasteiger charge is -2.36. The molecule has 2 amide bonds. The van der Waals surface area contributed by atoms with E-state index in [1.165, 1.54) is 0 Å². The molecule has 0 bridgehead atoms. The maximum absolute atomic E-state index is 14.3. The van der Waals surface area contributed by atoms with Crippen LogP contribution in [0.5, 0.6) is 0 Å². The predicted molar refractivity (Wildman–Crippen MR) is 194 cm³/mol. The SMILES string of the molecule is CS(=O)(=O)N[C@H](c1ccccc1)[C@H](NC(=O)[C@H]1CCCC[C@@H]1C(=O)N[C@H](c1ccccc1)[C@H](NS(C)(=O)=O)c1ccccc1)c1ccccc1. The molecule has 1 fully saturated rings. The largest absolute Gasteiger partial charge is 0.347 e. The number of amides is 2. The number of benzene rings is 4. The van der Waals surface area contributed by atoms with Crippen LogP contribution in [0.25, 0.3) is 0 Å². The first-order valence-corrected chi connectivity index (χ1v) is 20.4. The minimum atomic E-state index is -3.71. The Morgan fingerprint density at radius 2 is 0.740 bits per heavy atom. The van der Waals surface area contributed by atoms with E-state index in [-0.39, 0.29) is 11.8 Å². The highest BCUT2D eigenvalue weighted by atomic mass is 32.2. The normalized spacial score (nSPS) is 19.0. The molecular weight excluding hydrogens is 673 g/mol. The molecule has 1 aliphatic rings. The van der Waals surface area contributed by atoms with E-state index < -0.39 is 56.0 Å². The average molecular weight is 717 g/mol. The summed E-state index contributed by atoms with van der Waals surface area (Å²) < 4.78 is 55.9. The number of nitrogens with one attached hydrogen (secondary N) is 4. The van der Waals surface area contributed by atoms with Crippen LogP contribution in [-0.4, -0.2) is 41.2 Å². The fourth-order valence-corrected chi connectivity index (χ4v) is 8.22. The molecule has 0 aromatic heterocycles. The van der Waals surface area contributed by atoms with E-state index in [1.54, 1.807) is 24.3 Å². The van der Waals surface area contributed by atoms with Gasteiger partial charge in [0.15, 0.2) is 0 Å². The topological polar surface area (TPSA) is 151 Å². The fourth-order valence-electron chi connectivity index (χ4n) is 6.76. The molecule has 5 rings (SSSR count). The van der Waals surface area contributed by atoms with Gasteiger partial charge in [-0.1, -0.05) is 134 Å². The molecule has 0 heterocycles. The Bertz CT molecular complexity index is 1790. The Morgan fingerprint density at radius 3 is 1.00 bits per heavy atom. The summed E-state index contributed by atoms with van der Waals surface area (Å²) in [6, 6.07) is 33.2. The van der Waals surface area contributed by atoms with Gasteiger partial charge >= 0.3 is 0 Å². The van der Waals surface area contributed by atoms with Crippen LogP contribution in [0.3, 0.4) is 0 Å². The van der Waals surface area contributed by atoms with Gasteiger partial charge in [0, 0.05) is 11.8 Å². The van der Waals surface area contributed by atoms with Crippen molar-refractivity contribution in [2.75, 3.05) is 12.5 Å². The molecular formula is C38H44N4O6S2. The van der Waals surface area contributed by atoms with E-state index >= 15 is 0 Å². The number of rotatable bonds is 14. The molecule has 12 heteroatoms. The summed E-state index contributed by atoms with van der Waals surface area (Å²) in [6.07, 6.45) is 4.57. The Kier molecular flexibility index (Phi) is 12.2. The van der Waals surface area contributed by atoms with E-state index in [9.17, 15) is 26.4 Å². The van der Waals surface area contributed by atoms with E-state index in [0.29, 0.717) is 35.1 Å². The van der Waals surface area contributed by atoms with Gasteiger partial charge in [0.05, 0.1) is 36.7 Å². The second-order valence-electron chi connectivity index (χ2n) is 12.8. The Labute approximate surface area is 295 Å². The van der Waals surface area contributed by atoms with Crippen molar-refractivity contribution >= 4 is 31.9 Å². The van der Waals surface area contributed by atoms with E-state index in [4.69, 9.17) is 0 Å². The van der Waals surface area contributed by atoms with Crippen LogP contribution < -0.4 is 20.1 Å². The van der Waals surface area contributed by atoms with Crippen molar-refractivity contribution in [3.05, 3.63) is 144 Å². The molecule has 4 N–H and O–H groups in total. The maximum atomic E-state index is 14.3. The summed E-state index contributed by atoms with van der Waals surface area (Å²) in [5.41, 5.74) is 2.73. The summed E-state index contributed by atoms with van der Waals surface area (Å²) in [7, 11) is -7.42. The van der Waals surface area contributed by atoms with Gasteiger partial charge in [0.1, 0.15) is 0 Å². The molecule has 0 aliphatic heterocycles. The van der Waals surface area contributed by atoms with Gasteiger partial charge in [-0.15, -0.1) is 0 Å². The minimum absolute atomic E-state index is 0.361. The molecule has 6 atom stereocenters. The van der Waals surface area contributed by atoms with Crippen LogP contribution in [0.15, 0.2) is 121 Å². The smallest absolute Gasteiger partial charge is 0.224 e. The summed E-state index contributed by atoms with van der Waals surface area (Å²) in [5, 5.41) is 6.27. The number of carbonyl (C=O) groups excluding carboxylic acids is 2. The first-order valence-electron chi connectivity index (χ1n) is 16.6. The highest BCUT2D eigenvalue weighted by Crippen LogP contribution is 2.36. The second-order valence-corrected chi connectivity index (χ2v) is 16.4. The Hall–Kier alpha value is -4.36. The number of hydrogen-bond acceptors (Lipinski definition) is 6. The number of hydrogen-bond donors (Lipinski definition) is 4. The van der Waals surface area contributed by atoms with Gasteiger partial charge in [-0.05, 0) is 35.1 Å². The van der Waals surface area contributed by atoms with E-state index in [0.717, 1.165) is 25.4 Å². The molecule has 0 radical (unpaired) electrons. The quantitative estimate of drug-likeness (QED) is 0.143. The first kappa shape index (κ1) is 36.9. The molecule has 10 nitrogen and oxygen atoms in total. The summed E-state index contributed by atoms with van der Waals surface area (Å²) in [6.45, 7) is 0. The van der Waals surface area contributed by atoms with Crippen LogP contribution in [0.1, 0.15) is 72.1 Å². The van der Waals surface area contributed by atoms with Crippen LogP contribution in [0.4, 0.5) is 0 Å². The van der Waals surface area contributed by atoms with Crippen LogP contribution in [-0.2, 0) is 29.6 Å².